The first-order valence-corrected chi connectivity index (χ1v) is 6.46. The van der Waals surface area contributed by atoms with E-state index in [9.17, 15) is 14.9 Å². The maximum absolute atomic E-state index is 11.6. The molecule has 0 fully saturated rings. The lowest BCUT2D eigenvalue weighted by Crippen LogP contribution is -2.12. The number of hydrogen-bond donors (Lipinski definition) is 2. The second-order valence-electron chi connectivity index (χ2n) is 4.03. The van der Waals surface area contributed by atoms with Crippen LogP contribution in [0.3, 0.4) is 0 Å². The minimum atomic E-state index is -0.680. The molecule has 20 heavy (non-hydrogen) atoms. The number of carbonyl (C=O) groups is 1. The Bertz CT molecular complexity index is 836. The number of nitrogens with zero attached hydrogens (tertiary/aromatic N) is 2. The largest absolute Gasteiger partial charge is 0.364 e. The van der Waals surface area contributed by atoms with E-state index in [2.05, 4.69) is 9.97 Å². The van der Waals surface area contributed by atoms with Crippen molar-refractivity contribution in [1.29, 1.82) is 0 Å². The molecule has 0 spiro atoms. The fraction of sp³-hybridized carbons (Fsp3) is 0. The number of amides is 1. The van der Waals surface area contributed by atoms with Gasteiger partial charge in [0.25, 0.3) is 11.6 Å². The molecule has 3 rings (SSSR count). The summed E-state index contributed by atoms with van der Waals surface area (Å²) >= 11 is 1.17. The molecule has 3 N–H and O–H groups in total. The quantitative estimate of drug-likeness (QED) is 0.568. The molecular formula is C12H8N4O3S. The molecule has 0 saturated heterocycles. The van der Waals surface area contributed by atoms with Gasteiger partial charge in [-0.2, -0.15) is 0 Å². The number of aromatic amines is 1. The average Bonchev–Trinajstić information content (AvgIpc) is 3.01. The maximum atomic E-state index is 11.6. The highest BCUT2D eigenvalue weighted by Crippen LogP contribution is 2.40. The molecule has 0 aliphatic heterocycles. The zero-order valence-corrected chi connectivity index (χ0v) is 10.8. The van der Waals surface area contributed by atoms with Gasteiger partial charge < -0.3 is 10.7 Å². The van der Waals surface area contributed by atoms with Crippen LogP contribution in [-0.4, -0.2) is 20.8 Å². The molecule has 0 aromatic carbocycles. The lowest BCUT2D eigenvalue weighted by atomic mass is 10.1. The van der Waals surface area contributed by atoms with Crippen LogP contribution in [0.25, 0.3) is 21.5 Å². The van der Waals surface area contributed by atoms with Gasteiger partial charge in [0, 0.05) is 12.3 Å². The number of nitrogens with two attached hydrogens (primary N) is 1. The van der Waals surface area contributed by atoms with Crippen LogP contribution in [0, 0.1) is 10.1 Å². The number of nitro groups is 1. The van der Waals surface area contributed by atoms with Gasteiger partial charge in [-0.3, -0.25) is 19.9 Å². The Morgan fingerprint density at radius 2 is 2.25 bits per heavy atom. The molecule has 1 amide bonds. The van der Waals surface area contributed by atoms with Crippen molar-refractivity contribution in [3.05, 3.63) is 45.6 Å². The molecule has 0 aliphatic carbocycles. The van der Waals surface area contributed by atoms with E-state index in [1.165, 1.54) is 17.4 Å². The first-order valence-electron chi connectivity index (χ1n) is 5.58. The Kier molecular flexibility index (Phi) is 2.72. The summed E-state index contributed by atoms with van der Waals surface area (Å²) in [7, 11) is 0. The van der Waals surface area contributed by atoms with Gasteiger partial charge in [0.05, 0.1) is 21.5 Å². The summed E-state index contributed by atoms with van der Waals surface area (Å²) in [4.78, 5) is 29.6. The van der Waals surface area contributed by atoms with Gasteiger partial charge in [0.1, 0.15) is 10.6 Å². The molecule has 7 nitrogen and oxygen atoms in total. The fourth-order valence-corrected chi connectivity index (χ4v) is 2.97. The number of hydrogen-bond acceptors (Lipinski definition) is 5. The summed E-state index contributed by atoms with van der Waals surface area (Å²) in [6.07, 6.45) is 1.56. The normalized spacial score (nSPS) is 10.8. The van der Waals surface area contributed by atoms with Crippen molar-refractivity contribution in [3.63, 3.8) is 0 Å². The number of rotatable bonds is 3. The number of thiophene rings is 1. The minimum Gasteiger partial charge on any atom is -0.364 e. The zero-order valence-electron chi connectivity index (χ0n) is 9.99. The monoisotopic (exact) mass is 288 g/mol. The van der Waals surface area contributed by atoms with Gasteiger partial charge in [-0.15, -0.1) is 11.3 Å². The molecule has 3 aromatic rings. The maximum Gasteiger partial charge on any atom is 0.288 e. The van der Waals surface area contributed by atoms with Gasteiger partial charge in [0.2, 0.25) is 0 Å². The highest BCUT2D eigenvalue weighted by Gasteiger charge is 2.25. The number of H-pyrrole nitrogens is 1. The Labute approximate surface area is 116 Å². The van der Waals surface area contributed by atoms with E-state index < -0.39 is 10.8 Å². The zero-order chi connectivity index (χ0) is 14.3. The second-order valence-corrected chi connectivity index (χ2v) is 4.95. The van der Waals surface area contributed by atoms with E-state index >= 15 is 0 Å². The SMILES string of the molecule is NC(=O)c1[nH]c2cccnc2c1-c1sccc1[N+](=O)[O-]. The van der Waals surface area contributed by atoms with Crippen LogP contribution < -0.4 is 5.73 Å². The molecule has 0 unspecified atom stereocenters. The van der Waals surface area contributed by atoms with Crippen LogP contribution >= 0.6 is 11.3 Å². The van der Waals surface area contributed by atoms with Crippen molar-refractivity contribution in [3.8, 4) is 10.4 Å². The van der Waals surface area contributed by atoms with Crippen molar-refractivity contribution in [2.24, 2.45) is 5.73 Å². The Balaban J connectivity index is 2.39. The molecule has 8 heteroatoms. The summed E-state index contributed by atoms with van der Waals surface area (Å²) in [6.45, 7) is 0. The number of fused-ring (bicyclic) bond motifs is 1. The highest BCUT2D eigenvalue weighted by molar-refractivity contribution is 7.14. The van der Waals surface area contributed by atoms with Gasteiger partial charge in [0.15, 0.2) is 0 Å². The molecule has 0 atom stereocenters. The van der Waals surface area contributed by atoms with E-state index in [-0.39, 0.29) is 11.4 Å². The van der Waals surface area contributed by atoms with Crippen molar-refractivity contribution in [2.45, 2.75) is 0 Å². The van der Waals surface area contributed by atoms with E-state index in [4.69, 9.17) is 5.73 Å². The van der Waals surface area contributed by atoms with Crippen molar-refractivity contribution in [2.75, 3.05) is 0 Å². The van der Waals surface area contributed by atoms with E-state index in [0.717, 1.165) is 0 Å². The highest BCUT2D eigenvalue weighted by atomic mass is 32.1. The third-order valence-corrected chi connectivity index (χ3v) is 3.79. The number of nitrogens with one attached hydrogen (secondary N) is 1. The van der Waals surface area contributed by atoms with Crippen LogP contribution in [0.5, 0.6) is 0 Å². The second kappa shape index (κ2) is 4.42. The van der Waals surface area contributed by atoms with Gasteiger partial charge in [-0.05, 0) is 17.5 Å². The molecular weight excluding hydrogens is 280 g/mol. The summed E-state index contributed by atoms with van der Waals surface area (Å²) in [5, 5.41) is 12.7. The minimum absolute atomic E-state index is 0.0657. The molecule has 0 bridgehead atoms. The first-order chi connectivity index (χ1) is 9.59. The van der Waals surface area contributed by atoms with E-state index in [1.807, 2.05) is 0 Å². The topological polar surface area (TPSA) is 115 Å². The van der Waals surface area contributed by atoms with Crippen LogP contribution in [0.4, 0.5) is 5.69 Å². The average molecular weight is 288 g/mol. The Hall–Kier alpha value is -2.74. The predicted molar refractivity (Wildman–Crippen MR) is 74.6 cm³/mol. The van der Waals surface area contributed by atoms with Crippen LogP contribution in [-0.2, 0) is 0 Å². The molecule has 3 heterocycles. The Morgan fingerprint density at radius 1 is 1.45 bits per heavy atom. The fourth-order valence-electron chi connectivity index (χ4n) is 2.06. The number of carbonyl (C=O) groups excluding carboxylic acids is 1. The lowest BCUT2D eigenvalue weighted by molar-refractivity contribution is -0.383. The molecule has 3 aromatic heterocycles. The van der Waals surface area contributed by atoms with Gasteiger partial charge in [-0.25, -0.2) is 0 Å². The molecule has 100 valence electrons. The number of primary amides is 1. The third-order valence-electron chi connectivity index (χ3n) is 2.87. The number of pyridine rings is 1. The third kappa shape index (κ3) is 1.74. The Morgan fingerprint density at radius 3 is 2.95 bits per heavy atom. The van der Waals surface area contributed by atoms with Crippen molar-refractivity contribution in [1.82, 2.24) is 9.97 Å². The molecule has 0 radical (unpaired) electrons. The standard InChI is InChI=1S/C12H8N4O3S/c13-12(17)10-8(9-6(15-10)2-1-4-14-9)11-7(16(18)19)3-5-20-11/h1-5,15H,(H2,13,17). The van der Waals surface area contributed by atoms with Gasteiger partial charge >= 0.3 is 0 Å². The van der Waals surface area contributed by atoms with Crippen LogP contribution in [0.2, 0.25) is 0 Å². The van der Waals surface area contributed by atoms with E-state index in [0.29, 0.717) is 21.5 Å². The first kappa shape index (κ1) is 12.3. The molecule has 0 saturated carbocycles. The number of aromatic nitrogens is 2. The van der Waals surface area contributed by atoms with Crippen molar-refractivity contribution >= 4 is 34.0 Å². The summed E-state index contributed by atoms with van der Waals surface area (Å²) < 4.78 is 0. The van der Waals surface area contributed by atoms with Crippen LogP contribution in [0.15, 0.2) is 29.8 Å². The van der Waals surface area contributed by atoms with Crippen LogP contribution in [0.1, 0.15) is 10.5 Å². The van der Waals surface area contributed by atoms with E-state index in [1.54, 1.807) is 23.7 Å². The summed E-state index contributed by atoms with van der Waals surface area (Å²) in [5.41, 5.74) is 6.90. The lowest BCUT2D eigenvalue weighted by Gasteiger charge is -1.98. The summed E-state index contributed by atoms with van der Waals surface area (Å²) in [6, 6.07) is 4.83. The molecule has 0 aliphatic rings. The van der Waals surface area contributed by atoms with Gasteiger partial charge in [-0.1, -0.05) is 0 Å². The van der Waals surface area contributed by atoms with Crippen molar-refractivity contribution < 1.29 is 9.72 Å². The smallest absolute Gasteiger partial charge is 0.288 e. The predicted octanol–water partition coefficient (Wildman–Crippen LogP) is 2.30. The summed E-state index contributed by atoms with van der Waals surface area (Å²) in [5.74, 6) is -0.680.